The molecule has 0 spiro atoms. The van der Waals surface area contributed by atoms with Crippen molar-refractivity contribution in [3.05, 3.63) is 35.1 Å². The maximum atomic E-state index is 12.7. The van der Waals surface area contributed by atoms with E-state index < -0.39 is 0 Å². The Morgan fingerprint density at radius 1 is 1.43 bits per heavy atom. The highest BCUT2D eigenvalue weighted by Gasteiger charge is 2.24. The van der Waals surface area contributed by atoms with Gasteiger partial charge < -0.3 is 10.2 Å². The third-order valence-corrected chi connectivity index (χ3v) is 4.67. The predicted molar refractivity (Wildman–Crippen MR) is 83.5 cm³/mol. The number of rotatable bonds is 3. The largest absolute Gasteiger partial charge is 0.335 e. The molecule has 1 aliphatic rings. The summed E-state index contributed by atoms with van der Waals surface area (Å²) in [5.74, 6) is 0.112. The van der Waals surface area contributed by atoms with E-state index in [2.05, 4.69) is 15.3 Å². The third kappa shape index (κ3) is 2.96. The van der Waals surface area contributed by atoms with Crippen molar-refractivity contribution in [2.24, 2.45) is 0 Å². The fourth-order valence-electron chi connectivity index (χ4n) is 2.38. The summed E-state index contributed by atoms with van der Waals surface area (Å²) in [5, 5.41) is 4.14. The van der Waals surface area contributed by atoms with E-state index in [0.29, 0.717) is 0 Å². The Balaban J connectivity index is 1.91. The lowest BCUT2D eigenvalue weighted by Gasteiger charge is -2.27. The zero-order valence-corrected chi connectivity index (χ0v) is 12.8. The van der Waals surface area contributed by atoms with Gasteiger partial charge in [-0.2, -0.15) is 0 Å². The van der Waals surface area contributed by atoms with Crippen LogP contribution < -0.4 is 5.32 Å². The quantitative estimate of drug-likeness (QED) is 0.939. The van der Waals surface area contributed by atoms with Crippen LogP contribution in [0.4, 0.5) is 0 Å². The van der Waals surface area contributed by atoms with E-state index in [9.17, 15) is 4.79 Å². The minimum absolute atomic E-state index is 0.112. The van der Waals surface area contributed by atoms with E-state index in [0.717, 1.165) is 53.7 Å². The van der Waals surface area contributed by atoms with Gasteiger partial charge in [-0.25, -0.2) is 4.98 Å². The van der Waals surface area contributed by atoms with Crippen LogP contribution in [0, 0.1) is 0 Å². The van der Waals surface area contributed by atoms with Crippen molar-refractivity contribution in [2.75, 3.05) is 26.2 Å². The van der Waals surface area contributed by atoms with Crippen molar-refractivity contribution in [3.63, 3.8) is 0 Å². The first-order valence-corrected chi connectivity index (χ1v) is 8.01. The molecule has 21 heavy (non-hydrogen) atoms. The van der Waals surface area contributed by atoms with E-state index in [-0.39, 0.29) is 5.91 Å². The molecule has 0 saturated carbocycles. The number of aryl methyl sites for hydroxylation is 1. The van der Waals surface area contributed by atoms with Gasteiger partial charge in [0.15, 0.2) is 0 Å². The van der Waals surface area contributed by atoms with Crippen LogP contribution in [-0.2, 0) is 6.42 Å². The number of nitrogens with one attached hydrogen (secondary N) is 1. The maximum absolute atomic E-state index is 12.7. The Bertz CT molecular complexity index is 620. The van der Waals surface area contributed by atoms with Crippen molar-refractivity contribution in [2.45, 2.75) is 13.3 Å². The highest BCUT2D eigenvalue weighted by molar-refractivity contribution is 7.17. The van der Waals surface area contributed by atoms with Gasteiger partial charge >= 0.3 is 0 Å². The topological polar surface area (TPSA) is 58.1 Å². The lowest BCUT2D eigenvalue weighted by atomic mass is 10.2. The van der Waals surface area contributed by atoms with E-state index in [1.807, 2.05) is 24.0 Å². The molecule has 1 fully saturated rings. The van der Waals surface area contributed by atoms with E-state index in [1.54, 1.807) is 12.4 Å². The number of carbonyl (C=O) groups is 1. The fourth-order valence-corrected chi connectivity index (χ4v) is 3.49. The second-order valence-electron chi connectivity index (χ2n) is 4.93. The first-order valence-electron chi connectivity index (χ1n) is 7.19. The summed E-state index contributed by atoms with van der Waals surface area (Å²) in [6, 6.07) is 3.87. The molecule has 0 radical (unpaired) electrons. The Morgan fingerprint density at radius 3 is 2.90 bits per heavy atom. The summed E-state index contributed by atoms with van der Waals surface area (Å²) >= 11 is 1.48. The molecule has 3 rings (SSSR count). The van der Waals surface area contributed by atoms with Crippen LogP contribution in [0.25, 0.3) is 10.6 Å². The predicted octanol–water partition coefficient (Wildman–Crippen LogP) is 1.81. The molecule has 1 saturated heterocycles. The maximum Gasteiger partial charge on any atom is 0.265 e. The number of nitrogens with zero attached hydrogens (tertiary/aromatic N) is 3. The molecule has 1 aliphatic heterocycles. The smallest absolute Gasteiger partial charge is 0.265 e. The standard InChI is InChI=1S/C15H18N4OS/c1-2-12-13(15(20)19-8-6-16-7-9-19)21-14(18-12)11-4-3-5-17-10-11/h3-5,10,16H,2,6-9H2,1H3. The van der Waals surface area contributed by atoms with Crippen molar-refractivity contribution in [1.29, 1.82) is 0 Å². The molecule has 6 heteroatoms. The molecule has 5 nitrogen and oxygen atoms in total. The highest BCUT2D eigenvalue weighted by atomic mass is 32.1. The Hall–Kier alpha value is -1.79. The van der Waals surface area contributed by atoms with Gasteiger partial charge in [0.05, 0.1) is 5.69 Å². The summed E-state index contributed by atoms with van der Waals surface area (Å²) in [5.41, 5.74) is 1.86. The summed E-state index contributed by atoms with van der Waals surface area (Å²) in [7, 11) is 0. The second-order valence-corrected chi connectivity index (χ2v) is 5.93. The van der Waals surface area contributed by atoms with E-state index >= 15 is 0 Å². The summed E-state index contributed by atoms with van der Waals surface area (Å²) in [6.45, 7) is 5.30. The van der Waals surface area contributed by atoms with Crippen LogP contribution in [0.2, 0.25) is 0 Å². The lowest BCUT2D eigenvalue weighted by Crippen LogP contribution is -2.46. The molecular formula is C15H18N4OS. The molecule has 1 N–H and O–H groups in total. The van der Waals surface area contributed by atoms with Crippen LogP contribution in [0.5, 0.6) is 0 Å². The molecule has 110 valence electrons. The number of amides is 1. The van der Waals surface area contributed by atoms with Crippen LogP contribution >= 0.6 is 11.3 Å². The van der Waals surface area contributed by atoms with Crippen molar-refractivity contribution in [1.82, 2.24) is 20.2 Å². The molecule has 2 aromatic rings. The number of carbonyl (C=O) groups excluding carboxylic acids is 1. The number of pyridine rings is 1. The van der Waals surface area contributed by atoms with Gasteiger partial charge in [0.1, 0.15) is 9.88 Å². The zero-order valence-electron chi connectivity index (χ0n) is 12.0. The molecule has 0 bridgehead atoms. The van der Waals surface area contributed by atoms with Gasteiger partial charge in [-0.05, 0) is 18.6 Å². The summed E-state index contributed by atoms with van der Waals surface area (Å²) in [4.78, 5) is 24.1. The van der Waals surface area contributed by atoms with Crippen LogP contribution in [0.1, 0.15) is 22.3 Å². The van der Waals surface area contributed by atoms with Gasteiger partial charge in [0.2, 0.25) is 0 Å². The lowest BCUT2D eigenvalue weighted by molar-refractivity contribution is 0.0739. The minimum atomic E-state index is 0.112. The van der Waals surface area contributed by atoms with Gasteiger partial charge in [0.25, 0.3) is 5.91 Å². The number of hydrogen-bond donors (Lipinski definition) is 1. The van der Waals surface area contributed by atoms with Crippen molar-refractivity contribution in [3.8, 4) is 10.6 Å². The first-order chi connectivity index (χ1) is 10.3. The molecule has 2 aromatic heterocycles. The Morgan fingerprint density at radius 2 is 2.24 bits per heavy atom. The molecule has 0 aliphatic carbocycles. The molecule has 0 atom stereocenters. The van der Waals surface area contributed by atoms with Gasteiger partial charge in [-0.1, -0.05) is 6.92 Å². The minimum Gasteiger partial charge on any atom is -0.335 e. The second kappa shape index (κ2) is 6.32. The van der Waals surface area contributed by atoms with E-state index in [4.69, 9.17) is 0 Å². The third-order valence-electron chi connectivity index (χ3n) is 3.54. The van der Waals surface area contributed by atoms with Gasteiger partial charge in [-0.3, -0.25) is 9.78 Å². The van der Waals surface area contributed by atoms with Crippen LogP contribution in [0.15, 0.2) is 24.5 Å². The highest BCUT2D eigenvalue weighted by Crippen LogP contribution is 2.29. The number of thiazole rings is 1. The van der Waals surface area contributed by atoms with Crippen LogP contribution in [-0.4, -0.2) is 47.0 Å². The monoisotopic (exact) mass is 302 g/mol. The summed E-state index contributed by atoms with van der Waals surface area (Å²) in [6.07, 6.45) is 4.30. The number of hydrogen-bond acceptors (Lipinski definition) is 5. The molecule has 0 unspecified atom stereocenters. The molecular weight excluding hydrogens is 284 g/mol. The zero-order chi connectivity index (χ0) is 14.7. The Labute approximate surface area is 128 Å². The average molecular weight is 302 g/mol. The number of aromatic nitrogens is 2. The Kier molecular flexibility index (Phi) is 4.26. The van der Waals surface area contributed by atoms with Gasteiger partial charge in [0, 0.05) is 44.1 Å². The average Bonchev–Trinajstić information content (AvgIpc) is 3.00. The molecule has 0 aromatic carbocycles. The normalized spacial score (nSPS) is 15.2. The van der Waals surface area contributed by atoms with Crippen molar-refractivity contribution < 1.29 is 4.79 Å². The van der Waals surface area contributed by atoms with E-state index in [1.165, 1.54) is 11.3 Å². The number of piperazine rings is 1. The summed E-state index contributed by atoms with van der Waals surface area (Å²) < 4.78 is 0. The SMILES string of the molecule is CCc1nc(-c2cccnc2)sc1C(=O)N1CCNCC1. The first kappa shape index (κ1) is 14.2. The van der Waals surface area contributed by atoms with Gasteiger partial charge in [-0.15, -0.1) is 11.3 Å². The fraction of sp³-hybridized carbons (Fsp3) is 0.400. The molecule has 3 heterocycles. The molecule has 1 amide bonds. The van der Waals surface area contributed by atoms with Crippen molar-refractivity contribution >= 4 is 17.2 Å². The van der Waals surface area contributed by atoms with Crippen LogP contribution in [0.3, 0.4) is 0 Å².